The highest BCUT2D eigenvalue weighted by Crippen LogP contribution is 2.21. The molecule has 2 heterocycles. The first kappa shape index (κ1) is 11.1. The number of nitrogens with one attached hydrogen (secondary N) is 1. The predicted octanol–water partition coefficient (Wildman–Crippen LogP) is 1.35. The molecule has 1 unspecified atom stereocenters. The monoisotopic (exact) mass is 244 g/mol. The van der Waals surface area contributed by atoms with E-state index in [-0.39, 0.29) is 5.56 Å². The lowest BCUT2D eigenvalue weighted by molar-refractivity contribution is 0.658. The Morgan fingerprint density at radius 1 is 1.50 bits per heavy atom. The summed E-state index contributed by atoms with van der Waals surface area (Å²) >= 11 is 0. The van der Waals surface area contributed by atoms with Crippen molar-refractivity contribution in [2.75, 3.05) is 23.7 Å². The van der Waals surface area contributed by atoms with Gasteiger partial charge in [-0.05, 0) is 30.5 Å². The van der Waals surface area contributed by atoms with Crippen LogP contribution in [0.4, 0.5) is 11.6 Å². The fourth-order valence-electron chi connectivity index (χ4n) is 2.42. The van der Waals surface area contributed by atoms with Crippen molar-refractivity contribution in [3.8, 4) is 0 Å². The van der Waals surface area contributed by atoms with Crippen molar-refractivity contribution in [2.45, 2.75) is 13.3 Å². The van der Waals surface area contributed by atoms with Gasteiger partial charge in [0.05, 0.1) is 10.9 Å². The summed E-state index contributed by atoms with van der Waals surface area (Å²) in [6.45, 7) is 4.11. The van der Waals surface area contributed by atoms with Crippen molar-refractivity contribution in [1.29, 1.82) is 0 Å². The molecule has 2 aromatic rings. The van der Waals surface area contributed by atoms with Crippen LogP contribution in [0.1, 0.15) is 13.3 Å². The van der Waals surface area contributed by atoms with E-state index >= 15 is 0 Å². The average molecular weight is 244 g/mol. The van der Waals surface area contributed by atoms with E-state index in [2.05, 4.69) is 21.8 Å². The molecule has 0 bridgehead atoms. The first-order chi connectivity index (χ1) is 8.63. The molecule has 1 aliphatic rings. The van der Waals surface area contributed by atoms with Gasteiger partial charge in [0, 0.05) is 18.8 Å². The summed E-state index contributed by atoms with van der Waals surface area (Å²) in [4.78, 5) is 21.5. The molecule has 0 saturated carbocycles. The molecule has 1 aliphatic heterocycles. The van der Waals surface area contributed by atoms with Crippen molar-refractivity contribution in [1.82, 2.24) is 9.97 Å². The Morgan fingerprint density at radius 3 is 3.06 bits per heavy atom. The van der Waals surface area contributed by atoms with Gasteiger partial charge in [0.15, 0.2) is 0 Å². The quantitative estimate of drug-likeness (QED) is 0.742. The molecule has 0 radical (unpaired) electrons. The highest BCUT2D eigenvalue weighted by atomic mass is 16.1. The number of nitrogen functional groups attached to an aromatic ring is 1. The zero-order valence-corrected chi connectivity index (χ0v) is 10.3. The Hall–Kier alpha value is -2.04. The van der Waals surface area contributed by atoms with Crippen molar-refractivity contribution in [2.24, 2.45) is 5.92 Å². The van der Waals surface area contributed by atoms with Gasteiger partial charge in [0.25, 0.3) is 5.56 Å². The first-order valence-corrected chi connectivity index (χ1v) is 6.18. The van der Waals surface area contributed by atoms with Crippen LogP contribution >= 0.6 is 0 Å². The molecule has 3 N–H and O–H groups in total. The Labute approximate surface area is 105 Å². The number of aromatic amines is 1. The van der Waals surface area contributed by atoms with Crippen LogP contribution in [0.3, 0.4) is 0 Å². The lowest BCUT2D eigenvalue weighted by Crippen LogP contribution is -2.24. The van der Waals surface area contributed by atoms with Gasteiger partial charge in [-0.25, -0.2) is 4.98 Å². The maximum atomic E-state index is 12.0. The van der Waals surface area contributed by atoms with Crippen LogP contribution < -0.4 is 16.2 Å². The minimum atomic E-state index is -0.123. The van der Waals surface area contributed by atoms with E-state index < -0.39 is 0 Å². The number of rotatable bonds is 1. The molecular weight excluding hydrogens is 228 g/mol. The van der Waals surface area contributed by atoms with E-state index in [1.165, 1.54) is 0 Å². The molecule has 0 amide bonds. The first-order valence-electron chi connectivity index (χ1n) is 6.18. The topological polar surface area (TPSA) is 75.0 Å². The fraction of sp³-hybridized carbons (Fsp3) is 0.385. The van der Waals surface area contributed by atoms with E-state index in [0.29, 0.717) is 28.5 Å². The van der Waals surface area contributed by atoms with Gasteiger partial charge in [0.1, 0.15) is 0 Å². The minimum absolute atomic E-state index is 0.123. The van der Waals surface area contributed by atoms with Crippen molar-refractivity contribution in [3.05, 3.63) is 28.6 Å². The molecule has 3 rings (SSSR count). The molecule has 1 fully saturated rings. The molecular formula is C13H16N4O. The van der Waals surface area contributed by atoms with Gasteiger partial charge in [0.2, 0.25) is 5.95 Å². The number of aromatic nitrogens is 2. The Morgan fingerprint density at radius 2 is 2.33 bits per heavy atom. The number of benzene rings is 1. The third kappa shape index (κ3) is 1.81. The van der Waals surface area contributed by atoms with E-state index in [4.69, 9.17) is 5.73 Å². The van der Waals surface area contributed by atoms with Gasteiger partial charge in [-0.15, -0.1) is 0 Å². The molecule has 0 spiro atoms. The molecule has 1 atom stereocenters. The van der Waals surface area contributed by atoms with Gasteiger partial charge in [-0.2, -0.15) is 0 Å². The van der Waals surface area contributed by atoms with Crippen LogP contribution in [0.15, 0.2) is 23.0 Å². The average Bonchev–Trinajstić information content (AvgIpc) is 2.77. The second kappa shape index (κ2) is 4.01. The zero-order valence-electron chi connectivity index (χ0n) is 10.3. The lowest BCUT2D eigenvalue weighted by Gasteiger charge is -2.16. The summed E-state index contributed by atoms with van der Waals surface area (Å²) in [5.74, 6) is 1.32. The van der Waals surface area contributed by atoms with E-state index in [1.54, 1.807) is 18.2 Å². The second-order valence-corrected chi connectivity index (χ2v) is 5.01. The van der Waals surface area contributed by atoms with Gasteiger partial charge >= 0.3 is 0 Å². The molecule has 1 saturated heterocycles. The largest absolute Gasteiger partial charge is 0.399 e. The lowest BCUT2D eigenvalue weighted by atomic mass is 10.2. The molecule has 0 aliphatic carbocycles. The molecule has 94 valence electrons. The summed E-state index contributed by atoms with van der Waals surface area (Å²) in [7, 11) is 0. The standard InChI is InChI=1S/C13H16N4O/c1-8-4-5-17(7-8)13-15-11-3-2-9(14)6-10(11)12(18)16-13/h2-3,6,8H,4-5,7,14H2,1H3,(H,15,16,18). The van der Waals surface area contributed by atoms with Crippen molar-refractivity contribution < 1.29 is 0 Å². The minimum Gasteiger partial charge on any atom is -0.399 e. The zero-order chi connectivity index (χ0) is 12.7. The summed E-state index contributed by atoms with van der Waals surface area (Å²) in [5.41, 5.74) is 6.83. The summed E-state index contributed by atoms with van der Waals surface area (Å²) in [6.07, 6.45) is 1.14. The number of hydrogen-bond acceptors (Lipinski definition) is 4. The molecule has 5 nitrogen and oxygen atoms in total. The third-order valence-electron chi connectivity index (χ3n) is 3.44. The number of fused-ring (bicyclic) bond motifs is 1. The summed E-state index contributed by atoms with van der Waals surface area (Å²) < 4.78 is 0. The smallest absolute Gasteiger partial charge is 0.260 e. The third-order valence-corrected chi connectivity index (χ3v) is 3.44. The number of hydrogen-bond donors (Lipinski definition) is 2. The number of nitrogens with two attached hydrogens (primary N) is 1. The van der Waals surface area contributed by atoms with Crippen LogP contribution in [0, 0.1) is 5.92 Å². The van der Waals surface area contributed by atoms with Crippen molar-refractivity contribution >= 4 is 22.5 Å². The van der Waals surface area contributed by atoms with E-state index in [9.17, 15) is 4.79 Å². The highest BCUT2D eigenvalue weighted by molar-refractivity contribution is 5.81. The van der Waals surface area contributed by atoms with Crippen LogP contribution in [0.25, 0.3) is 10.9 Å². The van der Waals surface area contributed by atoms with Gasteiger partial charge in [-0.1, -0.05) is 6.92 Å². The van der Waals surface area contributed by atoms with Crippen LogP contribution in [0.2, 0.25) is 0 Å². The normalized spacial score (nSPS) is 19.6. The summed E-state index contributed by atoms with van der Waals surface area (Å²) in [6, 6.07) is 5.23. The van der Waals surface area contributed by atoms with E-state index in [0.717, 1.165) is 19.5 Å². The summed E-state index contributed by atoms with van der Waals surface area (Å²) in [5, 5.41) is 0.547. The number of anilines is 2. The molecule has 5 heteroatoms. The SMILES string of the molecule is CC1CCN(c2nc3ccc(N)cc3c(=O)[nH]2)C1. The molecule has 1 aromatic carbocycles. The van der Waals surface area contributed by atoms with Gasteiger partial charge in [-0.3, -0.25) is 9.78 Å². The Balaban J connectivity index is 2.10. The highest BCUT2D eigenvalue weighted by Gasteiger charge is 2.21. The fourth-order valence-corrected chi connectivity index (χ4v) is 2.42. The van der Waals surface area contributed by atoms with Crippen LogP contribution in [-0.4, -0.2) is 23.1 Å². The van der Waals surface area contributed by atoms with Gasteiger partial charge < -0.3 is 10.6 Å². The van der Waals surface area contributed by atoms with Crippen molar-refractivity contribution in [3.63, 3.8) is 0 Å². The van der Waals surface area contributed by atoms with Crippen LogP contribution in [-0.2, 0) is 0 Å². The number of nitrogens with zero attached hydrogens (tertiary/aromatic N) is 2. The van der Waals surface area contributed by atoms with E-state index in [1.807, 2.05) is 0 Å². The second-order valence-electron chi connectivity index (χ2n) is 5.01. The molecule has 18 heavy (non-hydrogen) atoms. The Bertz CT molecular complexity index is 649. The number of H-pyrrole nitrogens is 1. The van der Waals surface area contributed by atoms with Crippen LogP contribution in [0.5, 0.6) is 0 Å². The molecule has 1 aromatic heterocycles. The maximum Gasteiger partial charge on any atom is 0.260 e. The maximum absolute atomic E-state index is 12.0. The Kier molecular flexibility index (Phi) is 2.47. The predicted molar refractivity (Wildman–Crippen MR) is 72.8 cm³/mol.